The standard InChI is InChI=1S/C33H39N3O2/c1-2-21-34-32(38)33(27-13-7-4-8-14-27)20-17-26(29-15-9-10-16-30(29)33)24-36-22-18-28(19-23-36)35-31(37)25-11-5-3-6-12-25/h3-16,26,28H,2,17-24H2,1H3,(H,34,38)(H,35,37). The van der Waals surface area contributed by atoms with Gasteiger partial charge >= 0.3 is 0 Å². The summed E-state index contributed by atoms with van der Waals surface area (Å²) >= 11 is 0. The van der Waals surface area contributed by atoms with Crippen LogP contribution >= 0.6 is 0 Å². The fourth-order valence-electron chi connectivity index (χ4n) is 6.32. The Morgan fingerprint density at radius 2 is 1.53 bits per heavy atom. The van der Waals surface area contributed by atoms with Crippen molar-refractivity contribution in [1.29, 1.82) is 0 Å². The molecule has 5 rings (SSSR count). The Morgan fingerprint density at radius 1 is 0.868 bits per heavy atom. The van der Waals surface area contributed by atoms with Crippen molar-refractivity contribution in [1.82, 2.24) is 15.5 Å². The summed E-state index contributed by atoms with van der Waals surface area (Å²) in [6.07, 6.45) is 4.61. The van der Waals surface area contributed by atoms with E-state index in [-0.39, 0.29) is 17.9 Å². The molecule has 2 unspecified atom stereocenters. The summed E-state index contributed by atoms with van der Waals surface area (Å²) in [7, 11) is 0. The average Bonchev–Trinajstić information content (AvgIpc) is 2.98. The van der Waals surface area contributed by atoms with E-state index in [1.807, 2.05) is 48.5 Å². The Hall–Kier alpha value is -3.44. The molecule has 0 spiro atoms. The molecular weight excluding hydrogens is 470 g/mol. The van der Waals surface area contributed by atoms with Crippen LogP contribution in [0.25, 0.3) is 0 Å². The SMILES string of the molecule is CCCNC(=O)C1(c2ccccc2)CCC(CN2CCC(NC(=O)c3ccccc3)CC2)c2ccccc21. The highest BCUT2D eigenvalue weighted by atomic mass is 16.2. The van der Waals surface area contributed by atoms with E-state index in [1.165, 1.54) is 5.56 Å². The molecule has 2 amide bonds. The van der Waals surface area contributed by atoms with Gasteiger partial charge in [0.05, 0.1) is 5.41 Å². The first-order chi connectivity index (χ1) is 18.6. The van der Waals surface area contributed by atoms with E-state index in [0.717, 1.165) is 68.4 Å². The third kappa shape index (κ3) is 5.39. The van der Waals surface area contributed by atoms with Crippen molar-refractivity contribution in [2.75, 3.05) is 26.2 Å². The number of amides is 2. The van der Waals surface area contributed by atoms with Crippen molar-refractivity contribution < 1.29 is 9.59 Å². The smallest absolute Gasteiger partial charge is 0.251 e. The van der Waals surface area contributed by atoms with Gasteiger partial charge in [-0.05, 0) is 66.8 Å². The third-order valence-electron chi connectivity index (χ3n) is 8.36. The predicted molar refractivity (Wildman–Crippen MR) is 152 cm³/mol. The van der Waals surface area contributed by atoms with Gasteiger partial charge in [0.1, 0.15) is 0 Å². The van der Waals surface area contributed by atoms with E-state index in [1.54, 1.807) is 0 Å². The Morgan fingerprint density at radius 3 is 2.24 bits per heavy atom. The number of piperidine rings is 1. The fourth-order valence-corrected chi connectivity index (χ4v) is 6.32. The zero-order chi connectivity index (χ0) is 26.4. The minimum absolute atomic E-state index is 0.0175. The number of rotatable bonds is 8. The van der Waals surface area contributed by atoms with Crippen LogP contribution in [0, 0.1) is 0 Å². The molecule has 5 nitrogen and oxygen atoms in total. The molecule has 198 valence electrons. The predicted octanol–water partition coefficient (Wildman–Crippen LogP) is 5.27. The van der Waals surface area contributed by atoms with Crippen molar-refractivity contribution in [3.63, 3.8) is 0 Å². The van der Waals surface area contributed by atoms with Crippen LogP contribution in [0.1, 0.15) is 72.0 Å². The van der Waals surface area contributed by atoms with Crippen molar-refractivity contribution >= 4 is 11.8 Å². The zero-order valence-corrected chi connectivity index (χ0v) is 22.4. The summed E-state index contributed by atoms with van der Waals surface area (Å²) < 4.78 is 0. The Bertz CT molecular complexity index is 1220. The number of carbonyl (C=O) groups is 2. The molecule has 1 aliphatic heterocycles. The molecule has 2 N–H and O–H groups in total. The Kier molecular flexibility index (Phi) is 8.23. The number of fused-ring (bicyclic) bond motifs is 1. The second-order valence-electron chi connectivity index (χ2n) is 10.8. The number of benzene rings is 3. The monoisotopic (exact) mass is 509 g/mol. The van der Waals surface area contributed by atoms with Gasteiger partial charge in [-0.2, -0.15) is 0 Å². The van der Waals surface area contributed by atoms with Crippen molar-refractivity contribution in [2.45, 2.75) is 56.4 Å². The number of nitrogens with zero attached hydrogens (tertiary/aromatic N) is 1. The lowest BCUT2D eigenvalue weighted by molar-refractivity contribution is -0.125. The molecular formula is C33H39N3O2. The number of nitrogens with one attached hydrogen (secondary N) is 2. The molecule has 1 fully saturated rings. The molecule has 0 radical (unpaired) electrons. The molecule has 3 aromatic carbocycles. The third-order valence-corrected chi connectivity index (χ3v) is 8.36. The molecule has 0 aromatic heterocycles. The van der Waals surface area contributed by atoms with E-state index in [4.69, 9.17) is 0 Å². The van der Waals surface area contributed by atoms with Crippen LogP contribution in [-0.2, 0) is 10.2 Å². The fraction of sp³-hybridized carbons (Fsp3) is 0.394. The van der Waals surface area contributed by atoms with Crippen LogP contribution in [0.15, 0.2) is 84.9 Å². The Labute approximate surface area is 226 Å². The summed E-state index contributed by atoms with van der Waals surface area (Å²) in [5.41, 5.74) is 3.60. The summed E-state index contributed by atoms with van der Waals surface area (Å²) in [6.45, 7) is 5.71. The highest BCUT2D eigenvalue weighted by molar-refractivity contribution is 5.94. The molecule has 2 aliphatic rings. The topological polar surface area (TPSA) is 61.4 Å². The van der Waals surface area contributed by atoms with Gasteiger partial charge in [-0.1, -0.05) is 79.7 Å². The van der Waals surface area contributed by atoms with Crippen molar-refractivity contribution in [3.8, 4) is 0 Å². The van der Waals surface area contributed by atoms with Crippen molar-refractivity contribution in [3.05, 3.63) is 107 Å². The van der Waals surface area contributed by atoms with E-state index in [9.17, 15) is 9.59 Å². The second kappa shape index (κ2) is 12.0. The van der Waals surface area contributed by atoms with Gasteiger partial charge in [0.15, 0.2) is 0 Å². The maximum Gasteiger partial charge on any atom is 0.251 e. The minimum Gasteiger partial charge on any atom is -0.355 e. The minimum atomic E-state index is -0.655. The van der Waals surface area contributed by atoms with Gasteiger partial charge in [-0.15, -0.1) is 0 Å². The molecule has 38 heavy (non-hydrogen) atoms. The quantitative estimate of drug-likeness (QED) is 0.435. The van der Waals surface area contributed by atoms with Gasteiger partial charge in [-0.3, -0.25) is 9.59 Å². The number of likely N-dealkylation sites (tertiary alicyclic amines) is 1. The lowest BCUT2D eigenvalue weighted by Crippen LogP contribution is -2.49. The summed E-state index contributed by atoms with van der Waals surface area (Å²) in [6, 6.07) is 28.6. The van der Waals surface area contributed by atoms with E-state index in [0.29, 0.717) is 12.5 Å². The van der Waals surface area contributed by atoms with Crippen LogP contribution in [0.5, 0.6) is 0 Å². The average molecular weight is 510 g/mol. The first kappa shape index (κ1) is 26.2. The first-order valence-corrected chi connectivity index (χ1v) is 14.1. The Balaban J connectivity index is 1.30. The van der Waals surface area contributed by atoms with Gasteiger partial charge in [0, 0.05) is 37.8 Å². The van der Waals surface area contributed by atoms with Crippen LogP contribution in [-0.4, -0.2) is 48.9 Å². The maximum absolute atomic E-state index is 13.8. The molecule has 2 atom stereocenters. The van der Waals surface area contributed by atoms with E-state index >= 15 is 0 Å². The zero-order valence-electron chi connectivity index (χ0n) is 22.4. The maximum atomic E-state index is 13.8. The van der Waals surface area contributed by atoms with Gasteiger partial charge in [0.2, 0.25) is 5.91 Å². The molecule has 0 saturated carbocycles. The largest absolute Gasteiger partial charge is 0.355 e. The lowest BCUT2D eigenvalue weighted by Gasteiger charge is -2.43. The summed E-state index contributed by atoms with van der Waals surface area (Å²) in [5, 5.41) is 6.45. The molecule has 1 heterocycles. The molecule has 0 bridgehead atoms. The van der Waals surface area contributed by atoms with E-state index < -0.39 is 5.41 Å². The summed E-state index contributed by atoms with van der Waals surface area (Å²) in [4.78, 5) is 28.9. The van der Waals surface area contributed by atoms with Crippen molar-refractivity contribution in [2.24, 2.45) is 0 Å². The van der Waals surface area contributed by atoms with Crippen LogP contribution < -0.4 is 10.6 Å². The normalized spacial score (nSPS) is 21.9. The van der Waals surface area contributed by atoms with Crippen LogP contribution in [0.2, 0.25) is 0 Å². The highest BCUT2D eigenvalue weighted by Crippen LogP contribution is 2.47. The van der Waals surface area contributed by atoms with E-state index in [2.05, 4.69) is 58.9 Å². The van der Waals surface area contributed by atoms with Gasteiger partial charge < -0.3 is 15.5 Å². The summed E-state index contributed by atoms with van der Waals surface area (Å²) in [5.74, 6) is 0.521. The van der Waals surface area contributed by atoms with Crippen LogP contribution in [0.3, 0.4) is 0 Å². The van der Waals surface area contributed by atoms with Gasteiger partial charge in [-0.25, -0.2) is 0 Å². The number of carbonyl (C=O) groups excluding carboxylic acids is 2. The number of hydrogen-bond acceptors (Lipinski definition) is 3. The molecule has 1 saturated heterocycles. The lowest BCUT2D eigenvalue weighted by atomic mass is 9.62. The van der Waals surface area contributed by atoms with Gasteiger partial charge in [0.25, 0.3) is 5.91 Å². The number of hydrogen-bond donors (Lipinski definition) is 2. The molecule has 1 aliphatic carbocycles. The highest BCUT2D eigenvalue weighted by Gasteiger charge is 2.47. The molecule has 5 heteroatoms. The van der Waals surface area contributed by atoms with Crippen LogP contribution in [0.4, 0.5) is 0 Å². The first-order valence-electron chi connectivity index (χ1n) is 14.1. The molecule has 3 aromatic rings. The second-order valence-corrected chi connectivity index (χ2v) is 10.8.